The number of carbonyl (C=O) groups excluding carboxylic acids is 2. The van der Waals surface area contributed by atoms with Crippen LogP contribution >= 0.6 is 23.1 Å². The number of ketones is 1. The van der Waals surface area contributed by atoms with E-state index in [1.165, 1.54) is 11.3 Å². The van der Waals surface area contributed by atoms with E-state index in [-0.39, 0.29) is 11.7 Å². The molecule has 96 valence electrons. The summed E-state index contributed by atoms with van der Waals surface area (Å²) in [6, 6.07) is 5.47. The van der Waals surface area contributed by atoms with E-state index in [4.69, 9.17) is 0 Å². The first-order chi connectivity index (χ1) is 9.19. The molecule has 3 nitrogen and oxygen atoms in total. The Balaban J connectivity index is 2.07. The number of hydrogen-bond donors (Lipinski definition) is 1. The number of thiophene rings is 1. The molecular weight excluding hydrogens is 278 g/mol. The second-order valence-electron chi connectivity index (χ2n) is 4.27. The minimum absolute atomic E-state index is 0.000462. The highest BCUT2D eigenvalue weighted by Gasteiger charge is 2.23. The van der Waals surface area contributed by atoms with Crippen LogP contribution in [0.2, 0.25) is 0 Å². The van der Waals surface area contributed by atoms with Crippen molar-refractivity contribution in [1.29, 1.82) is 0 Å². The maximum atomic E-state index is 12.3. The zero-order chi connectivity index (χ0) is 13.4. The van der Waals surface area contributed by atoms with Crippen molar-refractivity contribution in [1.82, 2.24) is 0 Å². The molecule has 1 aliphatic rings. The normalized spacial score (nSPS) is 13.2. The fraction of sp³-hybridized carbons (Fsp3) is 0.143. The van der Waals surface area contributed by atoms with Crippen LogP contribution in [0.4, 0.5) is 5.69 Å². The predicted octanol–water partition coefficient (Wildman–Crippen LogP) is 3.20. The number of hydrogen-bond acceptors (Lipinski definition) is 4. The molecule has 1 aromatic carbocycles. The van der Waals surface area contributed by atoms with Gasteiger partial charge in [0.25, 0.3) is 0 Å². The lowest BCUT2D eigenvalue weighted by Crippen LogP contribution is -2.04. The Morgan fingerprint density at radius 1 is 1.37 bits per heavy atom. The predicted molar refractivity (Wildman–Crippen MR) is 78.3 cm³/mol. The topological polar surface area (TPSA) is 46.2 Å². The molecule has 19 heavy (non-hydrogen) atoms. The van der Waals surface area contributed by atoms with Crippen molar-refractivity contribution in [3.05, 3.63) is 45.6 Å². The van der Waals surface area contributed by atoms with Crippen LogP contribution in [-0.4, -0.2) is 17.9 Å². The second kappa shape index (κ2) is 4.83. The number of benzene rings is 1. The molecule has 0 saturated heterocycles. The first-order valence-electron chi connectivity index (χ1n) is 5.76. The number of thioether (sulfide) groups is 1. The highest BCUT2D eigenvalue weighted by Crippen LogP contribution is 2.34. The second-order valence-corrected chi connectivity index (χ2v) is 5.90. The van der Waals surface area contributed by atoms with Gasteiger partial charge in [0, 0.05) is 27.1 Å². The molecule has 1 N–H and O–H groups in total. The summed E-state index contributed by atoms with van der Waals surface area (Å²) in [4.78, 5) is 24.8. The first kappa shape index (κ1) is 12.4. The van der Waals surface area contributed by atoms with Crippen LogP contribution in [0.1, 0.15) is 21.5 Å². The summed E-state index contributed by atoms with van der Waals surface area (Å²) in [6.07, 6.45) is 2.36. The van der Waals surface area contributed by atoms with Gasteiger partial charge in [0.1, 0.15) is 0 Å². The number of anilines is 1. The molecule has 3 rings (SSSR count). The van der Waals surface area contributed by atoms with Crippen molar-refractivity contribution in [2.75, 3.05) is 11.6 Å². The SMILES string of the molecule is CSc1cc(C(=O)c2ccsc2)cc2c1CC(=O)N2. The lowest BCUT2D eigenvalue weighted by Gasteiger charge is -2.08. The number of amides is 1. The van der Waals surface area contributed by atoms with E-state index in [0.29, 0.717) is 17.5 Å². The Kier molecular flexibility index (Phi) is 3.16. The van der Waals surface area contributed by atoms with Gasteiger partial charge < -0.3 is 5.32 Å². The van der Waals surface area contributed by atoms with Crippen molar-refractivity contribution >= 4 is 40.5 Å². The maximum absolute atomic E-state index is 12.3. The highest BCUT2D eigenvalue weighted by atomic mass is 32.2. The third kappa shape index (κ3) is 2.19. The number of carbonyl (C=O) groups is 2. The Bertz CT molecular complexity index is 662. The van der Waals surface area contributed by atoms with Gasteiger partial charge in [0.05, 0.1) is 6.42 Å². The summed E-state index contributed by atoms with van der Waals surface area (Å²) < 4.78 is 0. The monoisotopic (exact) mass is 289 g/mol. The molecule has 0 spiro atoms. The highest BCUT2D eigenvalue weighted by molar-refractivity contribution is 7.98. The van der Waals surface area contributed by atoms with Crippen LogP contribution < -0.4 is 5.32 Å². The molecule has 0 radical (unpaired) electrons. The van der Waals surface area contributed by atoms with E-state index in [2.05, 4.69) is 5.32 Å². The van der Waals surface area contributed by atoms with Crippen LogP contribution in [-0.2, 0) is 11.2 Å². The molecule has 2 aromatic rings. The van der Waals surface area contributed by atoms with Gasteiger partial charge in [-0.15, -0.1) is 11.8 Å². The zero-order valence-corrected chi connectivity index (χ0v) is 11.9. The summed E-state index contributed by atoms with van der Waals surface area (Å²) in [5.41, 5.74) is 3.10. The van der Waals surface area contributed by atoms with Crippen molar-refractivity contribution < 1.29 is 9.59 Å². The standard InChI is InChI=1S/C14H11NO2S2/c1-18-12-5-9(14(17)8-2-3-19-7-8)4-11-10(12)6-13(16)15-11/h2-5,7H,6H2,1H3,(H,15,16). The van der Waals surface area contributed by atoms with Gasteiger partial charge in [-0.05, 0) is 35.4 Å². The third-order valence-electron chi connectivity index (χ3n) is 3.09. The minimum Gasteiger partial charge on any atom is -0.325 e. The molecule has 0 atom stereocenters. The molecule has 1 aromatic heterocycles. The van der Waals surface area contributed by atoms with Gasteiger partial charge in [0.2, 0.25) is 5.91 Å². The summed E-state index contributed by atoms with van der Waals surface area (Å²) in [5.74, 6) is -0.00840. The molecule has 0 fully saturated rings. The van der Waals surface area contributed by atoms with E-state index in [0.717, 1.165) is 16.1 Å². The minimum atomic E-state index is -0.00886. The summed E-state index contributed by atoms with van der Waals surface area (Å²) in [7, 11) is 0. The van der Waals surface area contributed by atoms with Crippen LogP contribution in [0.5, 0.6) is 0 Å². The summed E-state index contributed by atoms with van der Waals surface area (Å²) in [6.45, 7) is 0. The Labute approximate surface area is 119 Å². The lowest BCUT2D eigenvalue weighted by atomic mass is 10.0. The molecule has 0 unspecified atom stereocenters. The lowest BCUT2D eigenvalue weighted by molar-refractivity contribution is -0.115. The van der Waals surface area contributed by atoms with Gasteiger partial charge in [-0.25, -0.2) is 0 Å². The fourth-order valence-electron chi connectivity index (χ4n) is 2.17. The molecule has 1 amide bonds. The van der Waals surface area contributed by atoms with Crippen LogP contribution in [0.25, 0.3) is 0 Å². The quantitative estimate of drug-likeness (QED) is 0.697. The Morgan fingerprint density at radius 3 is 2.89 bits per heavy atom. The van der Waals surface area contributed by atoms with Crippen molar-refractivity contribution in [3.8, 4) is 0 Å². The summed E-state index contributed by atoms with van der Waals surface area (Å²) >= 11 is 3.07. The van der Waals surface area contributed by atoms with Crippen molar-refractivity contribution in [2.45, 2.75) is 11.3 Å². The number of rotatable bonds is 3. The number of fused-ring (bicyclic) bond motifs is 1. The van der Waals surface area contributed by atoms with Gasteiger partial charge in [0.15, 0.2) is 5.78 Å². The zero-order valence-electron chi connectivity index (χ0n) is 10.2. The first-order valence-corrected chi connectivity index (χ1v) is 7.93. The van der Waals surface area contributed by atoms with Gasteiger partial charge in [-0.1, -0.05) is 0 Å². The fourth-order valence-corrected chi connectivity index (χ4v) is 3.48. The van der Waals surface area contributed by atoms with E-state index in [9.17, 15) is 9.59 Å². The van der Waals surface area contributed by atoms with E-state index < -0.39 is 0 Å². The van der Waals surface area contributed by atoms with Gasteiger partial charge in [-0.2, -0.15) is 11.3 Å². The molecule has 0 aliphatic carbocycles. The van der Waals surface area contributed by atoms with E-state index in [1.54, 1.807) is 17.8 Å². The van der Waals surface area contributed by atoms with E-state index in [1.807, 2.05) is 29.1 Å². The molecule has 0 bridgehead atoms. The smallest absolute Gasteiger partial charge is 0.228 e. The third-order valence-corrected chi connectivity index (χ3v) is 4.57. The Hall–Kier alpha value is -1.59. The van der Waals surface area contributed by atoms with Crippen LogP contribution in [0.3, 0.4) is 0 Å². The molecule has 5 heteroatoms. The Morgan fingerprint density at radius 2 is 2.21 bits per heavy atom. The van der Waals surface area contributed by atoms with Gasteiger partial charge in [-0.3, -0.25) is 9.59 Å². The average molecular weight is 289 g/mol. The largest absolute Gasteiger partial charge is 0.325 e. The van der Waals surface area contributed by atoms with Gasteiger partial charge >= 0.3 is 0 Å². The van der Waals surface area contributed by atoms with Crippen LogP contribution in [0.15, 0.2) is 33.9 Å². The van der Waals surface area contributed by atoms with Crippen LogP contribution in [0, 0.1) is 0 Å². The molecule has 0 saturated carbocycles. The average Bonchev–Trinajstić information content (AvgIpc) is 3.04. The maximum Gasteiger partial charge on any atom is 0.228 e. The van der Waals surface area contributed by atoms with Crippen molar-refractivity contribution in [2.24, 2.45) is 0 Å². The summed E-state index contributed by atoms with van der Waals surface area (Å²) in [5, 5.41) is 6.54. The molecule has 1 aliphatic heterocycles. The molecular formula is C14H11NO2S2. The number of nitrogens with one attached hydrogen (secondary N) is 1. The van der Waals surface area contributed by atoms with E-state index >= 15 is 0 Å². The van der Waals surface area contributed by atoms with Crippen molar-refractivity contribution in [3.63, 3.8) is 0 Å². The molecule has 2 heterocycles.